The lowest BCUT2D eigenvalue weighted by atomic mass is 10.0. The molecule has 154 valence electrons. The molecule has 3 rings (SSSR count). The Balaban J connectivity index is 1.92. The number of hydrogen-bond donors (Lipinski definition) is 1. The number of anilines is 1. The van der Waals surface area contributed by atoms with Crippen LogP contribution in [0.2, 0.25) is 0 Å². The first-order chi connectivity index (χ1) is 13.6. The van der Waals surface area contributed by atoms with E-state index in [4.69, 9.17) is 0 Å². The van der Waals surface area contributed by atoms with Crippen LogP contribution in [0.5, 0.6) is 0 Å². The van der Waals surface area contributed by atoms with Crippen molar-refractivity contribution in [2.75, 3.05) is 11.9 Å². The first kappa shape index (κ1) is 20.8. The van der Waals surface area contributed by atoms with Crippen LogP contribution in [-0.4, -0.2) is 33.8 Å². The number of allylic oxidation sites excluding steroid dienone is 3. The second-order valence-corrected chi connectivity index (χ2v) is 7.33. The minimum Gasteiger partial charge on any atom is -0.354 e. The van der Waals surface area contributed by atoms with E-state index in [2.05, 4.69) is 46.6 Å². The summed E-state index contributed by atoms with van der Waals surface area (Å²) in [5.74, 6) is 1.11. The van der Waals surface area contributed by atoms with E-state index in [1.165, 1.54) is 16.3 Å². The highest BCUT2D eigenvalue weighted by atomic mass is 19.4. The Morgan fingerprint density at radius 1 is 1.38 bits per heavy atom. The van der Waals surface area contributed by atoms with Crippen LogP contribution < -0.4 is 4.90 Å². The van der Waals surface area contributed by atoms with Gasteiger partial charge in [-0.15, -0.1) is 0 Å². The summed E-state index contributed by atoms with van der Waals surface area (Å²) in [5, 5.41) is 0. The topological polar surface area (TPSA) is 36.9 Å². The van der Waals surface area contributed by atoms with E-state index in [-0.39, 0.29) is 11.9 Å². The zero-order valence-electron chi connectivity index (χ0n) is 17.0. The Morgan fingerprint density at radius 3 is 2.69 bits per heavy atom. The minimum absolute atomic E-state index is 0.185. The van der Waals surface area contributed by atoms with Crippen LogP contribution in [0.3, 0.4) is 0 Å². The van der Waals surface area contributed by atoms with Crippen LogP contribution in [0.15, 0.2) is 48.2 Å². The molecule has 1 atom stereocenters. The van der Waals surface area contributed by atoms with Gasteiger partial charge in [-0.05, 0) is 44.9 Å². The highest BCUT2D eigenvalue weighted by Gasteiger charge is 2.30. The molecule has 2 heterocycles. The summed E-state index contributed by atoms with van der Waals surface area (Å²) in [7, 11) is 2.02. The van der Waals surface area contributed by atoms with Crippen molar-refractivity contribution >= 4 is 18.1 Å². The summed E-state index contributed by atoms with van der Waals surface area (Å²) >= 11 is 0. The molecule has 1 unspecified atom stereocenters. The summed E-state index contributed by atoms with van der Waals surface area (Å²) in [4.78, 5) is 9.92. The van der Waals surface area contributed by atoms with Gasteiger partial charge in [-0.25, -0.2) is 4.98 Å². The first-order valence-corrected chi connectivity index (χ1v) is 9.35. The summed E-state index contributed by atoms with van der Waals surface area (Å²) < 4.78 is 40.2. The van der Waals surface area contributed by atoms with Crippen molar-refractivity contribution in [2.24, 2.45) is 0 Å². The molecule has 1 aliphatic rings. The molecule has 0 saturated heterocycles. The summed E-state index contributed by atoms with van der Waals surface area (Å²) in [6.45, 7) is 8.73. The highest BCUT2D eigenvalue weighted by Crippen LogP contribution is 2.31. The standard InChI is InChI=1S/C22H25F3N4/c1-6-29-13-18(26-20(29)12-16(4)22(23,24)25)21-15(3)11-19(27-21)28(5)17-9-7-14(2)8-10-17/h6-9,11-13,17,27H,1,10H2,2-5H3/b16-12+. The molecule has 29 heavy (non-hydrogen) atoms. The van der Waals surface area contributed by atoms with Gasteiger partial charge < -0.3 is 14.5 Å². The number of imidazole rings is 1. The first-order valence-electron chi connectivity index (χ1n) is 9.35. The fourth-order valence-electron chi connectivity index (χ4n) is 3.23. The monoisotopic (exact) mass is 402 g/mol. The van der Waals surface area contributed by atoms with Crippen molar-refractivity contribution in [1.82, 2.24) is 14.5 Å². The van der Waals surface area contributed by atoms with Crippen LogP contribution in [0, 0.1) is 6.92 Å². The van der Waals surface area contributed by atoms with Crippen molar-refractivity contribution < 1.29 is 13.2 Å². The molecular weight excluding hydrogens is 377 g/mol. The average molecular weight is 402 g/mol. The molecule has 0 bridgehead atoms. The number of halogens is 3. The number of H-pyrrole nitrogens is 1. The number of aromatic nitrogens is 3. The number of likely N-dealkylation sites (N-methyl/N-ethyl adjacent to an activating group) is 1. The maximum absolute atomic E-state index is 12.9. The van der Waals surface area contributed by atoms with Crippen LogP contribution in [0.1, 0.15) is 31.7 Å². The number of aryl methyl sites for hydroxylation is 1. The Morgan fingerprint density at radius 2 is 2.10 bits per heavy atom. The maximum Gasteiger partial charge on any atom is 0.412 e. The largest absolute Gasteiger partial charge is 0.412 e. The van der Waals surface area contributed by atoms with E-state index >= 15 is 0 Å². The number of alkyl halides is 3. The molecule has 2 aromatic rings. The Labute approximate surface area is 168 Å². The lowest BCUT2D eigenvalue weighted by Gasteiger charge is -2.27. The molecular formula is C22H25F3N4. The van der Waals surface area contributed by atoms with Crippen LogP contribution in [-0.2, 0) is 0 Å². The minimum atomic E-state index is -4.39. The fourth-order valence-corrected chi connectivity index (χ4v) is 3.23. The summed E-state index contributed by atoms with van der Waals surface area (Å²) in [6.07, 6.45) is 7.15. The predicted molar refractivity (Wildman–Crippen MR) is 113 cm³/mol. The number of rotatable bonds is 5. The molecule has 0 spiro atoms. The number of aromatic amines is 1. The predicted octanol–water partition coefficient (Wildman–Crippen LogP) is 5.96. The van der Waals surface area contributed by atoms with E-state index < -0.39 is 11.7 Å². The van der Waals surface area contributed by atoms with E-state index in [1.807, 2.05) is 20.0 Å². The van der Waals surface area contributed by atoms with E-state index in [0.29, 0.717) is 5.69 Å². The van der Waals surface area contributed by atoms with Gasteiger partial charge in [0.2, 0.25) is 0 Å². The highest BCUT2D eigenvalue weighted by molar-refractivity contribution is 5.67. The molecule has 1 N–H and O–H groups in total. The summed E-state index contributed by atoms with van der Waals surface area (Å²) in [5.41, 5.74) is 2.85. The van der Waals surface area contributed by atoms with Gasteiger partial charge in [0.25, 0.3) is 0 Å². The molecule has 0 radical (unpaired) electrons. The zero-order valence-corrected chi connectivity index (χ0v) is 17.0. The van der Waals surface area contributed by atoms with Crippen molar-refractivity contribution in [2.45, 2.75) is 39.4 Å². The lowest BCUT2D eigenvalue weighted by molar-refractivity contribution is -0.0903. The smallest absolute Gasteiger partial charge is 0.354 e. The van der Waals surface area contributed by atoms with Gasteiger partial charge in [-0.1, -0.05) is 30.4 Å². The van der Waals surface area contributed by atoms with Gasteiger partial charge >= 0.3 is 6.18 Å². The number of nitrogens with zero attached hydrogens (tertiary/aromatic N) is 3. The second-order valence-electron chi connectivity index (χ2n) is 7.33. The molecule has 0 amide bonds. The molecule has 0 fully saturated rings. The van der Waals surface area contributed by atoms with E-state index in [0.717, 1.165) is 36.5 Å². The van der Waals surface area contributed by atoms with E-state index in [1.54, 1.807) is 6.20 Å². The number of hydrogen-bond acceptors (Lipinski definition) is 2. The third kappa shape index (κ3) is 4.39. The van der Waals surface area contributed by atoms with Gasteiger partial charge in [0, 0.05) is 25.0 Å². The summed E-state index contributed by atoms with van der Waals surface area (Å²) in [6, 6.07) is 2.26. The maximum atomic E-state index is 12.9. The normalized spacial score (nSPS) is 17.4. The quantitative estimate of drug-likeness (QED) is 0.670. The van der Waals surface area contributed by atoms with Gasteiger partial charge in [0.15, 0.2) is 0 Å². The fraction of sp³-hybridized carbons (Fsp3) is 0.318. The lowest BCUT2D eigenvalue weighted by Crippen LogP contribution is -2.30. The van der Waals surface area contributed by atoms with Crippen LogP contribution in [0.25, 0.3) is 23.7 Å². The Hall–Kier alpha value is -2.96. The molecule has 4 nitrogen and oxygen atoms in total. The Kier molecular flexibility index (Phi) is 5.59. The molecule has 1 aliphatic carbocycles. The van der Waals surface area contributed by atoms with Crippen LogP contribution in [0.4, 0.5) is 19.0 Å². The Bertz CT molecular complexity index is 1000. The van der Waals surface area contributed by atoms with Crippen LogP contribution >= 0.6 is 0 Å². The molecule has 0 aromatic carbocycles. The molecule has 0 saturated carbocycles. The molecule has 7 heteroatoms. The van der Waals surface area contributed by atoms with E-state index in [9.17, 15) is 13.2 Å². The molecule has 0 aliphatic heterocycles. The van der Waals surface area contributed by atoms with Crippen molar-refractivity contribution in [1.29, 1.82) is 0 Å². The molecule has 2 aromatic heterocycles. The van der Waals surface area contributed by atoms with Crippen molar-refractivity contribution in [3.8, 4) is 11.4 Å². The van der Waals surface area contributed by atoms with Gasteiger partial charge in [-0.3, -0.25) is 0 Å². The third-order valence-corrected chi connectivity index (χ3v) is 5.15. The zero-order chi connectivity index (χ0) is 21.3. The SMILES string of the molecule is C=Cn1cc(-c2[nH]c(N(C)C3C=CC(C)=CC3)cc2C)nc1/C=C(\C)C(F)(F)F. The van der Waals surface area contributed by atoms with Gasteiger partial charge in [0.1, 0.15) is 17.3 Å². The third-order valence-electron chi connectivity index (χ3n) is 5.15. The van der Waals surface area contributed by atoms with Crippen molar-refractivity contribution in [3.05, 3.63) is 59.6 Å². The number of nitrogens with one attached hydrogen (secondary N) is 1. The van der Waals surface area contributed by atoms with Gasteiger partial charge in [0.05, 0.1) is 11.7 Å². The second kappa shape index (κ2) is 7.81. The van der Waals surface area contributed by atoms with Crippen molar-refractivity contribution in [3.63, 3.8) is 0 Å². The average Bonchev–Trinajstić information content (AvgIpc) is 3.24. The van der Waals surface area contributed by atoms with Gasteiger partial charge in [-0.2, -0.15) is 13.2 Å².